The molecule has 0 rings (SSSR count). The number of alkyl halides is 3. The fourth-order valence-corrected chi connectivity index (χ4v) is 2.37. The third-order valence-corrected chi connectivity index (χ3v) is 3.41. The van der Waals surface area contributed by atoms with E-state index >= 15 is 0 Å². The van der Waals surface area contributed by atoms with Crippen LogP contribution < -0.4 is 5.73 Å². The maximum atomic E-state index is 12.8. The molecule has 2 N–H and O–H groups in total. The average molecular weight is 257 g/mol. The monoisotopic (exact) mass is 257 g/mol. The lowest BCUT2D eigenvalue weighted by atomic mass is 9.95. The van der Waals surface area contributed by atoms with Crippen LogP contribution in [0.5, 0.6) is 0 Å². The molecule has 0 saturated heterocycles. The predicted octanol–water partition coefficient (Wildman–Crippen LogP) is 3.14. The molecule has 2 nitrogen and oxygen atoms in total. The molecule has 3 atom stereocenters. The lowest BCUT2D eigenvalue weighted by molar-refractivity contribution is -0.206. The van der Waals surface area contributed by atoms with Crippen molar-refractivity contribution in [2.75, 3.05) is 0 Å². The highest BCUT2D eigenvalue weighted by molar-refractivity contribution is 6.69. The van der Waals surface area contributed by atoms with E-state index in [-0.39, 0.29) is 5.92 Å². The Labute approximate surface area is 96.5 Å². The molecule has 0 aliphatic rings. The van der Waals surface area contributed by atoms with E-state index in [0.29, 0.717) is 6.42 Å². The van der Waals surface area contributed by atoms with Crippen LogP contribution >= 0.6 is 0 Å². The van der Waals surface area contributed by atoms with Crippen LogP contribution in [0.3, 0.4) is 0 Å². The lowest BCUT2D eigenvalue weighted by Crippen LogP contribution is -2.53. The van der Waals surface area contributed by atoms with Crippen LogP contribution in [0.25, 0.3) is 0 Å². The highest BCUT2D eigenvalue weighted by atomic mass is 28.4. The Morgan fingerprint density at radius 1 is 1.25 bits per heavy atom. The van der Waals surface area contributed by atoms with Gasteiger partial charge >= 0.3 is 6.18 Å². The smallest absolute Gasteiger partial charge is 0.405 e. The minimum absolute atomic E-state index is 0.206. The van der Waals surface area contributed by atoms with E-state index in [1.807, 2.05) is 6.92 Å². The minimum Gasteiger partial charge on any atom is -0.405 e. The topological polar surface area (TPSA) is 35.2 Å². The molecule has 0 aromatic carbocycles. The van der Waals surface area contributed by atoms with Crippen LogP contribution in [-0.2, 0) is 4.43 Å². The van der Waals surface area contributed by atoms with Gasteiger partial charge in [0.25, 0.3) is 0 Å². The Morgan fingerprint density at radius 3 is 1.94 bits per heavy atom. The standard InChI is InChI=1S/C10H22F3NOSi/c1-6-7(2)8(14)9(10(11,12)13)15-16(3,4)5/h7-9H,6,14H2,1-5H3. The molecular formula is C10H22F3NOSi. The Hall–Kier alpha value is -0.0731. The van der Waals surface area contributed by atoms with Gasteiger partial charge < -0.3 is 10.2 Å². The molecule has 0 amide bonds. The molecule has 0 radical (unpaired) electrons. The maximum Gasteiger partial charge on any atom is 0.414 e. The Bertz CT molecular complexity index is 215. The van der Waals surface area contributed by atoms with Crippen LogP contribution in [0.4, 0.5) is 13.2 Å². The summed E-state index contributed by atoms with van der Waals surface area (Å²) >= 11 is 0. The second-order valence-electron chi connectivity index (χ2n) is 5.16. The average Bonchev–Trinajstić information content (AvgIpc) is 2.08. The summed E-state index contributed by atoms with van der Waals surface area (Å²) in [6.07, 6.45) is -5.61. The van der Waals surface area contributed by atoms with Crippen molar-refractivity contribution in [1.82, 2.24) is 0 Å². The quantitative estimate of drug-likeness (QED) is 0.768. The van der Waals surface area contributed by atoms with Gasteiger partial charge in [0.2, 0.25) is 0 Å². The minimum atomic E-state index is -4.39. The number of halogens is 3. The molecule has 6 heteroatoms. The van der Waals surface area contributed by atoms with Crippen molar-refractivity contribution in [2.24, 2.45) is 11.7 Å². The Morgan fingerprint density at radius 2 is 1.69 bits per heavy atom. The molecule has 0 aromatic heterocycles. The Balaban J connectivity index is 4.82. The van der Waals surface area contributed by atoms with Crippen molar-refractivity contribution >= 4 is 8.32 Å². The van der Waals surface area contributed by atoms with Gasteiger partial charge in [0.05, 0.1) is 0 Å². The summed E-state index contributed by atoms with van der Waals surface area (Å²) in [7, 11) is -2.25. The number of hydrogen-bond acceptors (Lipinski definition) is 2. The van der Waals surface area contributed by atoms with Crippen molar-refractivity contribution < 1.29 is 17.6 Å². The number of rotatable bonds is 5. The molecule has 0 fully saturated rings. The summed E-state index contributed by atoms with van der Waals surface area (Å²) < 4.78 is 43.6. The molecular weight excluding hydrogens is 235 g/mol. The van der Waals surface area contributed by atoms with E-state index in [9.17, 15) is 13.2 Å². The fourth-order valence-electron chi connectivity index (χ4n) is 1.32. The van der Waals surface area contributed by atoms with E-state index in [2.05, 4.69) is 0 Å². The molecule has 16 heavy (non-hydrogen) atoms. The zero-order chi connectivity index (χ0) is 13.1. The van der Waals surface area contributed by atoms with Gasteiger partial charge in [-0.05, 0) is 25.6 Å². The van der Waals surface area contributed by atoms with E-state index in [1.165, 1.54) is 0 Å². The van der Waals surface area contributed by atoms with Gasteiger partial charge in [-0.25, -0.2) is 0 Å². The first-order chi connectivity index (χ1) is 6.99. The van der Waals surface area contributed by atoms with Gasteiger partial charge in [-0.3, -0.25) is 0 Å². The summed E-state index contributed by atoms with van der Waals surface area (Å²) in [4.78, 5) is 0. The van der Waals surface area contributed by atoms with Gasteiger partial charge in [-0.2, -0.15) is 13.2 Å². The summed E-state index contributed by atoms with van der Waals surface area (Å²) in [5.74, 6) is -0.206. The van der Waals surface area contributed by atoms with Crippen LogP contribution in [0.2, 0.25) is 19.6 Å². The van der Waals surface area contributed by atoms with Gasteiger partial charge in [0.1, 0.15) is 0 Å². The lowest BCUT2D eigenvalue weighted by Gasteiger charge is -2.34. The summed E-state index contributed by atoms with van der Waals surface area (Å²) in [5, 5.41) is 0. The first-order valence-electron chi connectivity index (χ1n) is 5.49. The van der Waals surface area contributed by atoms with Crippen LogP contribution in [0.1, 0.15) is 20.3 Å². The highest BCUT2D eigenvalue weighted by Gasteiger charge is 2.47. The van der Waals surface area contributed by atoms with E-state index in [4.69, 9.17) is 10.2 Å². The molecule has 0 aromatic rings. The van der Waals surface area contributed by atoms with E-state index in [0.717, 1.165) is 0 Å². The molecule has 98 valence electrons. The third-order valence-electron chi connectivity index (χ3n) is 2.45. The summed E-state index contributed by atoms with van der Waals surface area (Å²) in [6.45, 7) is 8.74. The number of hydrogen-bond donors (Lipinski definition) is 1. The van der Waals surface area contributed by atoms with E-state index in [1.54, 1.807) is 26.6 Å². The maximum absolute atomic E-state index is 12.8. The molecule has 0 aliphatic carbocycles. The van der Waals surface area contributed by atoms with Crippen LogP contribution in [0, 0.1) is 5.92 Å². The normalized spacial score (nSPS) is 19.3. The second-order valence-corrected chi connectivity index (χ2v) is 9.62. The van der Waals surface area contributed by atoms with E-state index < -0.39 is 26.6 Å². The summed E-state index contributed by atoms with van der Waals surface area (Å²) in [6, 6.07) is -0.989. The van der Waals surface area contributed by atoms with Gasteiger partial charge in [0, 0.05) is 6.04 Å². The van der Waals surface area contributed by atoms with Crippen molar-refractivity contribution in [2.45, 2.75) is 58.2 Å². The van der Waals surface area contributed by atoms with Gasteiger partial charge in [0.15, 0.2) is 14.4 Å². The second kappa shape index (κ2) is 5.51. The van der Waals surface area contributed by atoms with Crippen molar-refractivity contribution in [3.8, 4) is 0 Å². The zero-order valence-corrected chi connectivity index (χ0v) is 11.6. The fraction of sp³-hybridized carbons (Fsp3) is 1.00. The van der Waals surface area contributed by atoms with Crippen LogP contribution in [-0.4, -0.2) is 26.6 Å². The molecule has 3 unspecified atom stereocenters. The number of nitrogens with two attached hydrogens (primary N) is 1. The molecule has 0 heterocycles. The highest BCUT2D eigenvalue weighted by Crippen LogP contribution is 2.30. The van der Waals surface area contributed by atoms with Crippen molar-refractivity contribution in [3.05, 3.63) is 0 Å². The van der Waals surface area contributed by atoms with Crippen LogP contribution in [0.15, 0.2) is 0 Å². The van der Waals surface area contributed by atoms with Crippen molar-refractivity contribution in [3.63, 3.8) is 0 Å². The molecule has 0 saturated carbocycles. The SMILES string of the molecule is CCC(C)C(N)C(O[Si](C)(C)C)C(F)(F)F. The summed E-state index contributed by atoms with van der Waals surface area (Å²) in [5.41, 5.74) is 5.64. The van der Waals surface area contributed by atoms with Gasteiger partial charge in [-0.15, -0.1) is 0 Å². The first-order valence-corrected chi connectivity index (χ1v) is 8.90. The third kappa shape index (κ3) is 5.31. The van der Waals surface area contributed by atoms with Crippen molar-refractivity contribution in [1.29, 1.82) is 0 Å². The van der Waals surface area contributed by atoms with Gasteiger partial charge in [-0.1, -0.05) is 20.3 Å². The molecule has 0 spiro atoms. The predicted molar refractivity (Wildman–Crippen MR) is 61.7 cm³/mol. The first kappa shape index (κ1) is 15.9. The zero-order valence-electron chi connectivity index (χ0n) is 10.6. The largest absolute Gasteiger partial charge is 0.414 e. The molecule has 0 aliphatic heterocycles. The molecule has 0 bridgehead atoms. The Kier molecular flexibility index (Phi) is 5.48.